The summed E-state index contributed by atoms with van der Waals surface area (Å²) in [6.07, 6.45) is 8.12. The first-order chi connectivity index (χ1) is 12.8. The Labute approximate surface area is 148 Å². The molecule has 0 radical (unpaired) electrons. The van der Waals surface area contributed by atoms with E-state index in [-0.39, 0.29) is 0 Å². The Balaban J connectivity index is 1.54. The second-order valence-corrected chi connectivity index (χ2v) is 6.24. The molecular weight excluding hydrogens is 326 g/mol. The van der Waals surface area contributed by atoms with Crippen molar-refractivity contribution in [1.29, 1.82) is 0 Å². The van der Waals surface area contributed by atoms with Gasteiger partial charge in [0.2, 0.25) is 0 Å². The summed E-state index contributed by atoms with van der Waals surface area (Å²) >= 11 is 0. The zero-order valence-electron chi connectivity index (χ0n) is 14.1. The number of hydrogen-bond acceptors (Lipinski definition) is 5. The van der Waals surface area contributed by atoms with Gasteiger partial charge in [-0.25, -0.2) is 0 Å². The molecule has 0 spiro atoms. The van der Waals surface area contributed by atoms with Crippen LogP contribution in [0.2, 0.25) is 0 Å². The molecule has 5 rings (SSSR count). The van der Waals surface area contributed by atoms with Crippen molar-refractivity contribution in [2.45, 2.75) is 6.42 Å². The summed E-state index contributed by atoms with van der Waals surface area (Å²) in [4.78, 5) is 4.57. The van der Waals surface area contributed by atoms with Gasteiger partial charge in [0, 0.05) is 48.6 Å². The summed E-state index contributed by atoms with van der Waals surface area (Å²) in [7, 11) is 1.91. The summed E-state index contributed by atoms with van der Waals surface area (Å²) in [6, 6.07) is 12.1. The first-order valence-electron chi connectivity index (χ1n) is 8.29. The Morgan fingerprint density at radius 1 is 0.962 bits per heavy atom. The molecule has 0 atom stereocenters. The first kappa shape index (κ1) is 14.7. The van der Waals surface area contributed by atoms with Gasteiger partial charge in [-0.15, -0.1) is 10.2 Å². The van der Waals surface area contributed by atoms with Crippen molar-refractivity contribution in [3.8, 4) is 11.1 Å². The van der Waals surface area contributed by atoms with E-state index in [1.807, 2.05) is 43.8 Å². The molecule has 0 saturated heterocycles. The standard InChI is InChI=1S/C19H15N7/c1-25-12-16(11-22-25)15-9-14-7-13(4-5-17(14)20-10-15)8-19-24-23-18-3-2-6-21-26(18)19/h2-7,9-12H,8H2,1H3. The van der Waals surface area contributed by atoms with Crippen molar-refractivity contribution in [2.24, 2.45) is 7.05 Å². The van der Waals surface area contributed by atoms with Crippen molar-refractivity contribution >= 4 is 16.6 Å². The molecule has 0 aliphatic rings. The topological polar surface area (TPSA) is 73.8 Å². The molecule has 0 N–H and O–H groups in total. The van der Waals surface area contributed by atoms with Crippen LogP contribution in [0.4, 0.5) is 0 Å². The summed E-state index contributed by atoms with van der Waals surface area (Å²) in [6.45, 7) is 0. The van der Waals surface area contributed by atoms with Gasteiger partial charge in [-0.05, 0) is 35.9 Å². The summed E-state index contributed by atoms with van der Waals surface area (Å²) in [5, 5.41) is 18.1. The predicted molar refractivity (Wildman–Crippen MR) is 97.5 cm³/mol. The lowest BCUT2D eigenvalue weighted by Gasteiger charge is -2.04. The minimum absolute atomic E-state index is 0.658. The Morgan fingerprint density at radius 3 is 2.81 bits per heavy atom. The fourth-order valence-corrected chi connectivity index (χ4v) is 3.10. The van der Waals surface area contributed by atoms with Gasteiger partial charge in [0.25, 0.3) is 0 Å². The van der Waals surface area contributed by atoms with E-state index in [0.717, 1.165) is 39.1 Å². The van der Waals surface area contributed by atoms with E-state index in [0.29, 0.717) is 6.42 Å². The lowest BCUT2D eigenvalue weighted by molar-refractivity contribution is 0.768. The van der Waals surface area contributed by atoms with E-state index in [9.17, 15) is 0 Å². The van der Waals surface area contributed by atoms with Crippen LogP contribution in [-0.4, -0.2) is 34.6 Å². The molecule has 0 aliphatic heterocycles. The molecule has 0 fully saturated rings. The average Bonchev–Trinajstić information content (AvgIpc) is 3.28. The van der Waals surface area contributed by atoms with Crippen LogP contribution in [0.1, 0.15) is 11.4 Å². The van der Waals surface area contributed by atoms with Gasteiger partial charge in [-0.2, -0.15) is 14.7 Å². The molecule has 0 bridgehead atoms. The maximum atomic E-state index is 4.57. The molecule has 0 amide bonds. The van der Waals surface area contributed by atoms with Gasteiger partial charge in [0.1, 0.15) is 0 Å². The fourth-order valence-electron chi connectivity index (χ4n) is 3.10. The third-order valence-corrected chi connectivity index (χ3v) is 4.39. The largest absolute Gasteiger partial charge is 0.275 e. The molecule has 7 heteroatoms. The molecular formula is C19H15N7. The Morgan fingerprint density at radius 2 is 1.92 bits per heavy atom. The maximum Gasteiger partial charge on any atom is 0.177 e. The van der Waals surface area contributed by atoms with Crippen LogP contribution in [0.5, 0.6) is 0 Å². The lowest BCUT2D eigenvalue weighted by atomic mass is 10.0. The quantitative estimate of drug-likeness (QED) is 0.504. The molecule has 5 aromatic rings. The van der Waals surface area contributed by atoms with Gasteiger partial charge in [-0.3, -0.25) is 9.67 Å². The van der Waals surface area contributed by atoms with Crippen LogP contribution < -0.4 is 0 Å². The molecule has 1 aromatic carbocycles. The summed E-state index contributed by atoms with van der Waals surface area (Å²) < 4.78 is 3.56. The van der Waals surface area contributed by atoms with Crippen LogP contribution in [0.3, 0.4) is 0 Å². The highest BCUT2D eigenvalue weighted by Gasteiger charge is 2.09. The summed E-state index contributed by atoms with van der Waals surface area (Å²) in [5.74, 6) is 0.816. The average molecular weight is 341 g/mol. The first-order valence-corrected chi connectivity index (χ1v) is 8.29. The number of aromatic nitrogens is 7. The molecule has 26 heavy (non-hydrogen) atoms. The van der Waals surface area contributed by atoms with Gasteiger partial charge in [0.15, 0.2) is 11.5 Å². The highest BCUT2D eigenvalue weighted by molar-refractivity contribution is 5.84. The zero-order valence-corrected chi connectivity index (χ0v) is 14.1. The molecule has 0 aliphatic carbocycles. The van der Waals surface area contributed by atoms with E-state index < -0.39 is 0 Å². The van der Waals surface area contributed by atoms with Crippen LogP contribution in [0.15, 0.2) is 61.2 Å². The fraction of sp³-hybridized carbons (Fsp3) is 0.105. The molecule has 7 nitrogen and oxygen atoms in total. The van der Waals surface area contributed by atoms with Crippen molar-refractivity contribution in [3.63, 3.8) is 0 Å². The van der Waals surface area contributed by atoms with Gasteiger partial charge in [0.05, 0.1) is 11.7 Å². The highest BCUT2D eigenvalue weighted by Crippen LogP contribution is 2.23. The molecule has 0 unspecified atom stereocenters. The van der Waals surface area contributed by atoms with Crippen molar-refractivity contribution in [2.75, 3.05) is 0 Å². The molecule has 126 valence electrons. The smallest absolute Gasteiger partial charge is 0.177 e. The van der Waals surface area contributed by atoms with Crippen LogP contribution >= 0.6 is 0 Å². The number of benzene rings is 1. The maximum absolute atomic E-state index is 4.57. The van der Waals surface area contributed by atoms with E-state index >= 15 is 0 Å². The van der Waals surface area contributed by atoms with Crippen LogP contribution in [0, 0.1) is 0 Å². The van der Waals surface area contributed by atoms with Gasteiger partial charge in [-0.1, -0.05) is 6.07 Å². The highest BCUT2D eigenvalue weighted by atomic mass is 15.4. The number of aryl methyl sites for hydroxylation is 1. The van der Waals surface area contributed by atoms with E-state index in [4.69, 9.17) is 0 Å². The van der Waals surface area contributed by atoms with Crippen molar-refractivity contribution in [3.05, 3.63) is 72.6 Å². The Hall–Kier alpha value is -3.61. The van der Waals surface area contributed by atoms with Gasteiger partial charge >= 0.3 is 0 Å². The minimum Gasteiger partial charge on any atom is -0.275 e. The van der Waals surface area contributed by atoms with Crippen molar-refractivity contribution < 1.29 is 0 Å². The molecule has 4 aromatic heterocycles. The zero-order chi connectivity index (χ0) is 17.5. The van der Waals surface area contributed by atoms with Crippen LogP contribution in [-0.2, 0) is 13.5 Å². The number of nitrogens with zero attached hydrogens (tertiary/aromatic N) is 7. The second-order valence-electron chi connectivity index (χ2n) is 6.24. The Kier molecular flexibility index (Phi) is 3.24. The van der Waals surface area contributed by atoms with Crippen LogP contribution in [0.25, 0.3) is 27.7 Å². The third-order valence-electron chi connectivity index (χ3n) is 4.39. The van der Waals surface area contributed by atoms with E-state index in [2.05, 4.69) is 43.6 Å². The molecule has 4 heterocycles. The van der Waals surface area contributed by atoms with Crippen molar-refractivity contribution in [1.82, 2.24) is 34.6 Å². The number of rotatable bonds is 3. The SMILES string of the molecule is Cn1cc(-c2cnc3ccc(Cc4nnc5cccnn45)cc3c2)cn1. The van der Waals surface area contributed by atoms with E-state index in [1.54, 1.807) is 15.4 Å². The molecule has 0 saturated carbocycles. The lowest BCUT2D eigenvalue weighted by Crippen LogP contribution is -1.99. The van der Waals surface area contributed by atoms with E-state index in [1.165, 1.54) is 0 Å². The normalized spacial score (nSPS) is 11.4. The number of hydrogen-bond donors (Lipinski definition) is 0. The monoisotopic (exact) mass is 341 g/mol. The second kappa shape index (κ2) is 5.73. The number of pyridine rings is 1. The third kappa shape index (κ3) is 2.50. The minimum atomic E-state index is 0.658. The number of fused-ring (bicyclic) bond motifs is 2. The Bertz CT molecular complexity index is 1240. The summed E-state index contributed by atoms with van der Waals surface area (Å²) in [5.41, 5.74) is 4.97. The predicted octanol–water partition coefficient (Wildman–Crippen LogP) is 2.66. The van der Waals surface area contributed by atoms with Gasteiger partial charge < -0.3 is 0 Å².